The third kappa shape index (κ3) is 4.08. The number of carbonyl (C=O) groups is 1. The number of aromatic nitrogens is 1. The summed E-state index contributed by atoms with van der Waals surface area (Å²) in [5.74, 6) is 0.770. The van der Waals surface area contributed by atoms with Crippen LogP contribution in [0, 0.1) is 10.1 Å². The minimum Gasteiger partial charge on any atom is -0.373 e. The van der Waals surface area contributed by atoms with Crippen LogP contribution in [0.1, 0.15) is 19.3 Å². The number of hydrogen-bond acceptors (Lipinski definition) is 6. The number of pyridine rings is 1. The van der Waals surface area contributed by atoms with Crippen molar-refractivity contribution in [2.75, 3.05) is 24.2 Å². The van der Waals surface area contributed by atoms with E-state index in [2.05, 4.69) is 20.9 Å². The summed E-state index contributed by atoms with van der Waals surface area (Å²) in [5.41, 5.74) is -0.0470. The summed E-state index contributed by atoms with van der Waals surface area (Å²) in [4.78, 5) is 25.9. The van der Waals surface area contributed by atoms with Gasteiger partial charge >= 0.3 is 0 Å². The molecule has 0 aliphatic heterocycles. The molecule has 1 aromatic rings. The lowest BCUT2D eigenvalue weighted by molar-refractivity contribution is -0.384. The number of nitrogens with one attached hydrogen (secondary N) is 3. The van der Waals surface area contributed by atoms with E-state index < -0.39 is 4.92 Å². The number of nitro groups is 1. The second kappa shape index (κ2) is 6.18. The van der Waals surface area contributed by atoms with Crippen LogP contribution in [0.4, 0.5) is 17.3 Å². The highest BCUT2D eigenvalue weighted by atomic mass is 16.6. The van der Waals surface area contributed by atoms with Crippen LogP contribution in [0.3, 0.4) is 0 Å². The molecule has 108 valence electrons. The van der Waals surface area contributed by atoms with Crippen LogP contribution in [0.25, 0.3) is 0 Å². The SMILES string of the molecule is CNc1cc([N+](=O)[O-])cc(NCCC(=O)NC2CC2)n1. The van der Waals surface area contributed by atoms with E-state index in [1.807, 2.05) is 0 Å². The van der Waals surface area contributed by atoms with E-state index in [0.29, 0.717) is 30.6 Å². The fourth-order valence-electron chi connectivity index (χ4n) is 1.67. The fraction of sp³-hybridized carbons (Fsp3) is 0.500. The van der Waals surface area contributed by atoms with Crippen LogP contribution >= 0.6 is 0 Å². The Balaban J connectivity index is 1.88. The second-order valence-corrected chi connectivity index (χ2v) is 4.62. The summed E-state index contributed by atoms with van der Waals surface area (Å²) >= 11 is 0. The molecule has 0 radical (unpaired) electrons. The molecule has 0 aromatic carbocycles. The largest absolute Gasteiger partial charge is 0.373 e. The maximum Gasteiger partial charge on any atom is 0.276 e. The molecule has 2 rings (SSSR count). The quantitative estimate of drug-likeness (QED) is 0.509. The van der Waals surface area contributed by atoms with E-state index >= 15 is 0 Å². The van der Waals surface area contributed by atoms with E-state index in [0.717, 1.165) is 12.8 Å². The molecule has 8 heteroatoms. The van der Waals surface area contributed by atoms with Crippen molar-refractivity contribution in [1.82, 2.24) is 10.3 Å². The zero-order chi connectivity index (χ0) is 14.5. The number of carbonyl (C=O) groups excluding carboxylic acids is 1. The molecule has 1 fully saturated rings. The van der Waals surface area contributed by atoms with Gasteiger partial charge in [0.25, 0.3) is 5.69 Å². The van der Waals surface area contributed by atoms with Crippen LogP contribution < -0.4 is 16.0 Å². The van der Waals surface area contributed by atoms with Gasteiger partial charge in [0.05, 0.1) is 17.1 Å². The van der Waals surface area contributed by atoms with E-state index in [9.17, 15) is 14.9 Å². The number of hydrogen-bond donors (Lipinski definition) is 3. The smallest absolute Gasteiger partial charge is 0.276 e. The molecule has 0 atom stereocenters. The summed E-state index contributed by atoms with van der Waals surface area (Å²) in [6.07, 6.45) is 2.42. The first-order valence-corrected chi connectivity index (χ1v) is 6.46. The molecule has 20 heavy (non-hydrogen) atoms. The van der Waals surface area contributed by atoms with E-state index in [-0.39, 0.29) is 11.6 Å². The number of anilines is 2. The Hall–Kier alpha value is -2.38. The Labute approximate surface area is 116 Å². The average molecular weight is 279 g/mol. The van der Waals surface area contributed by atoms with Crippen LogP contribution in [0.5, 0.6) is 0 Å². The predicted octanol–water partition coefficient (Wildman–Crippen LogP) is 1.11. The van der Waals surface area contributed by atoms with Crippen molar-refractivity contribution in [3.05, 3.63) is 22.2 Å². The molecule has 1 heterocycles. The summed E-state index contributed by atoms with van der Waals surface area (Å²) in [6.45, 7) is 0.385. The summed E-state index contributed by atoms with van der Waals surface area (Å²) < 4.78 is 0. The molecule has 0 spiro atoms. The number of rotatable bonds is 7. The van der Waals surface area contributed by atoms with E-state index in [1.54, 1.807) is 7.05 Å². The van der Waals surface area contributed by atoms with Gasteiger partial charge in [0.2, 0.25) is 5.91 Å². The van der Waals surface area contributed by atoms with E-state index in [4.69, 9.17) is 0 Å². The molecular weight excluding hydrogens is 262 g/mol. The van der Waals surface area contributed by atoms with Gasteiger partial charge in [0.1, 0.15) is 11.6 Å². The lowest BCUT2D eigenvalue weighted by Gasteiger charge is -2.08. The average Bonchev–Trinajstić information content (AvgIpc) is 3.22. The lowest BCUT2D eigenvalue weighted by atomic mass is 10.3. The van der Waals surface area contributed by atoms with Gasteiger partial charge in [-0.05, 0) is 12.8 Å². The van der Waals surface area contributed by atoms with Gasteiger partial charge < -0.3 is 16.0 Å². The monoisotopic (exact) mass is 279 g/mol. The molecule has 1 saturated carbocycles. The molecular formula is C12H17N5O3. The highest BCUT2D eigenvalue weighted by Crippen LogP contribution is 2.20. The first-order chi connectivity index (χ1) is 9.58. The van der Waals surface area contributed by atoms with Gasteiger partial charge in [-0.25, -0.2) is 4.98 Å². The summed E-state index contributed by atoms with van der Waals surface area (Å²) in [7, 11) is 1.64. The standard InChI is InChI=1S/C12H17N5O3/c1-13-10-6-9(17(19)20)7-11(16-10)14-5-4-12(18)15-8-2-3-8/h6-8H,2-5H2,1H3,(H,15,18)(H2,13,14,16). The van der Waals surface area contributed by atoms with Crippen LogP contribution in [0.2, 0.25) is 0 Å². The Morgan fingerprint density at radius 3 is 2.75 bits per heavy atom. The normalized spacial score (nSPS) is 13.7. The minimum atomic E-state index is -0.479. The van der Waals surface area contributed by atoms with E-state index in [1.165, 1.54) is 12.1 Å². The molecule has 0 bridgehead atoms. The maximum absolute atomic E-state index is 11.5. The topological polar surface area (TPSA) is 109 Å². The molecule has 1 aromatic heterocycles. The van der Waals surface area contributed by atoms with Crippen LogP contribution in [-0.2, 0) is 4.79 Å². The Morgan fingerprint density at radius 1 is 1.45 bits per heavy atom. The lowest BCUT2D eigenvalue weighted by Crippen LogP contribution is -2.27. The fourth-order valence-corrected chi connectivity index (χ4v) is 1.67. The highest BCUT2D eigenvalue weighted by Gasteiger charge is 2.22. The zero-order valence-corrected chi connectivity index (χ0v) is 11.2. The first kappa shape index (κ1) is 14.0. The maximum atomic E-state index is 11.5. The van der Waals surface area contributed by atoms with Gasteiger partial charge in [-0.2, -0.15) is 0 Å². The molecule has 1 aliphatic carbocycles. The molecule has 1 aliphatic rings. The van der Waals surface area contributed by atoms with Crippen LogP contribution in [0.15, 0.2) is 12.1 Å². The van der Waals surface area contributed by atoms with Crippen molar-refractivity contribution in [3.8, 4) is 0 Å². The van der Waals surface area contributed by atoms with Gasteiger partial charge in [-0.1, -0.05) is 0 Å². The molecule has 0 unspecified atom stereocenters. The van der Waals surface area contributed by atoms with Crippen molar-refractivity contribution in [1.29, 1.82) is 0 Å². The highest BCUT2D eigenvalue weighted by molar-refractivity contribution is 5.77. The zero-order valence-electron chi connectivity index (χ0n) is 11.2. The molecule has 0 saturated heterocycles. The molecule has 1 amide bonds. The van der Waals surface area contributed by atoms with Gasteiger partial charge in [0, 0.05) is 26.1 Å². The Bertz CT molecular complexity index is 516. The summed E-state index contributed by atoms with van der Waals surface area (Å²) in [6, 6.07) is 3.04. The third-order valence-electron chi connectivity index (χ3n) is 2.88. The van der Waals surface area contributed by atoms with Gasteiger partial charge in [-0.3, -0.25) is 14.9 Å². The van der Waals surface area contributed by atoms with Crippen molar-refractivity contribution >= 4 is 23.2 Å². The summed E-state index contributed by atoms with van der Waals surface area (Å²) in [5, 5.41) is 19.3. The van der Waals surface area contributed by atoms with Crippen molar-refractivity contribution in [3.63, 3.8) is 0 Å². The van der Waals surface area contributed by atoms with Gasteiger partial charge in [-0.15, -0.1) is 0 Å². The second-order valence-electron chi connectivity index (χ2n) is 4.62. The van der Waals surface area contributed by atoms with Crippen molar-refractivity contribution in [2.24, 2.45) is 0 Å². The Morgan fingerprint density at radius 2 is 2.15 bits per heavy atom. The molecule has 8 nitrogen and oxygen atoms in total. The Kier molecular flexibility index (Phi) is 4.34. The minimum absolute atomic E-state index is 0.0146. The predicted molar refractivity (Wildman–Crippen MR) is 74.7 cm³/mol. The molecule has 3 N–H and O–H groups in total. The van der Waals surface area contributed by atoms with Crippen molar-refractivity contribution in [2.45, 2.75) is 25.3 Å². The number of nitrogens with zero attached hydrogens (tertiary/aromatic N) is 2. The third-order valence-corrected chi connectivity index (χ3v) is 2.88. The van der Waals surface area contributed by atoms with Gasteiger partial charge in [0.15, 0.2) is 0 Å². The number of amides is 1. The van der Waals surface area contributed by atoms with Crippen LogP contribution in [-0.4, -0.2) is 35.4 Å². The van der Waals surface area contributed by atoms with Crippen molar-refractivity contribution < 1.29 is 9.72 Å². The first-order valence-electron chi connectivity index (χ1n) is 6.46.